The monoisotopic (exact) mass is 462 g/mol. The molecular weight excluding hydrogens is 431 g/mol. The average Bonchev–Trinajstić information content (AvgIpc) is 3.03. The zero-order valence-corrected chi connectivity index (χ0v) is 18.0. The number of likely N-dealkylation sites (tertiary alicyclic amines) is 1. The molecular formula is C18H31IN4S. The maximum Gasteiger partial charge on any atom is 0.191 e. The van der Waals surface area contributed by atoms with Gasteiger partial charge in [-0.15, -0.1) is 35.7 Å². The van der Waals surface area contributed by atoms with Gasteiger partial charge >= 0.3 is 0 Å². The Kier molecular flexibility index (Phi) is 11.5. The minimum atomic E-state index is 0. The molecule has 1 aromatic rings. The van der Waals surface area contributed by atoms with Gasteiger partial charge in [0.25, 0.3) is 0 Å². The fourth-order valence-corrected chi connectivity index (χ4v) is 3.70. The number of halogens is 1. The summed E-state index contributed by atoms with van der Waals surface area (Å²) in [7, 11) is 1.84. The number of benzene rings is 1. The van der Waals surface area contributed by atoms with Crippen molar-refractivity contribution in [3.8, 4) is 0 Å². The highest BCUT2D eigenvalue weighted by molar-refractivity contribution is 14.0. The Morgan fingerprint density at radius 2 is 2.08 bits per heavy atom. The van der Waals surface area contributed by atoms with Gasteiger partial charge in [0.05, 0.1) is 0 Å². The lowest BCUT2D eigenvalue weighted by Gasteiger charge is -2.17. The molecule has 0 radical (unpaired) electrons. The number of nitrogens with zero attached hydrogens (tertiary/aromatic N) is 2. The van der Waals surface area contributed by atoms with Gasteiger partial charge in [0, 0.05) is 37.3 Å². The van der Waals surface area contributed by atoms with Crippen molar-refractivity contribution in [2.45, 2.75) is 24.7 Å². The topological polar surface area (TPSA) is 39.7 Å². The molecule has 1 fully saturated rings. The Hall–Kier alpha value is -0.470. The smallest absolute Gasteiger partial charge is 0.191 e. The van der Waals surface area contributed by atoms with Crippen molar-refractivity contribution < 1.29 is 0 Å². The van der Waals surface area contributed by atoms with E-state index in [1.54, 1.807) is 0 Å². The number of hydrogen-bond acceptors (Lipinski definition) is 3. The molecule has 0 spiro atoms. The molecule has 1 heterocycles. The summed E-state index contributed by atoms with van der Waals surface area (Å²) in [5.41, 5.74) is 0. The van der Waals surface area contributed by atoms with E-state index in [2.05, 4.69) is 57.8 Å². The average molecular weight is 462 g/mol. The van der Waals surface area contributed by atoms with Crippen LogP contribution in [0.2, 0.25) is 0 Å². The molecule has 2 rings (SSSR count). The molecule has 0 aromatic heterocycles. The van der Waals surface area contributed by atoms with Gasteiger partial charge in [-0.3, -0.25) is 4.99 Å². The molecule has 1 aliphatic rings. The minimum absolute atomic E-state index is 0. The Morgan fingerprint density at radius 3 is 2.79 bits per heavy atom. The standard InChI is InChI=1S/C18H30N4S.HI/c1-3-11-22-12-9-16(15-22)14-21-18(19-2)20-10-13-23-17-7-5-4-6-8-17;/h4-8,16H,3,9-15H2,1-2H3,(H2,19,20,21);1H. The number of aliphatic imine (C=N–C) groups is 1. The highest BCUT2D eigenvalue weighted by Crippen LogP contribution is 2.16. The first kappa shape index (κ1) is 21.6. The summed E-state index contributed by atoms with van der Waals surface area (Å²) >= 11 is 1.87. The van der Waals surface area contributed by atoms with Crippen LogP contribution in [-0.4, -0.2) is 56.4 Å². The Labute approximate surface area is 168 Å². The van der Waals surface area contributed by atoms with Crippen LogP contribution in [0, 0.1) is 5.92 Å². The van der Waals surface area contributed by atoms with Crippen molar-refractivity contribution in [2.75, 3.05) is 45.5 Å². The van der Waals surface area contributed by atoms with Crippen LogP contribution in [0.25, 0.3) is 0 Å². The quantitative estimate of drug-likeness (QED) is 0.205. The Morgan fingerprint density at radius 1 is 1.29 bits per heavy atom. The second-order valence-corrected chi connectivity index (χ2v) is 7.17. The molecule has 0 saturated carbocycles. The molecule has 6 heteroatoms. The van der Waals surface area contributed by atoms with E-state index in [0.717, 1.165) is 30.7 Å². The van der Waals surface area contributed by atoms with Crippen molar-refractivity contribution >= 4 is 41.7 Å². The summed E-state index contributed by atoms with van der Waals surface area (Å²) in [4.78, 5) is 8.21. The first-order valence-corrected chi connectivity index (χ1v) is 9.65. The zero-order chi connectivity index (χ0) is 16.3. The second kappa shape index (κ2) is 12.8. The van der Waals surface area contributed by atoms with Gasteiger partial charge in [0.15, 0.2) is 5.96 Å². The number of thioether (sulfide) groups is 1. The van der Waals surface area contributed by atoms with E-state index in [4.69, 9.17) is 0 Å². The highest BCUT2D eigenvalue weighted by atomic mass is 127. The number of hydrogen-bond donors (Lipinski definition) is 2. The predicted octanol–water partition coefficient (Wildman–Crippen LogP) is 3.29. The third-order valence-electron chi connectivity index (χ3n) is 4.10. The number of nitrogens with one attached hydrogen (secondary N) is 2. The Bertz CT molecular complexity index is 469. The molecule has 2 N–H and O–H groups in total. The van der Waals surface area contributed by atoms with E-state index in [1.807, 2.05) is 18.8 Å². The van der Waals surface area contributed by atoms with Gasteiger partial charge < -0.3 is 15.5 Å². The van der Waals surface area contributed by atoms with Gasteiger partial charge in [-0.2, -0.15) is 0 Å². The first-order chi connectivity index (χ1) is 11.3. The van der Waals surface area contributed by atoms with E-state index in [0.29, 0.717) is 0 Å². The van der Waals surface area contributed by atoms with Gasteiger partial charge in [0.2, 0.25) is 0 Å². The van der Waals surface area contributed by atoms with Crippen molar-refractivity contribution in [3.05, 3.63) is 30.3 Å². The van der Waals surface area contributed by atoms with Crippen LogP contribution in [0.4, 0.5) is 0 Å². The largest absolute Gasteiger partial charge is 0.356 e. The third kappa shape index (κ3) is 8.07. The molecule has 0 bridgehead atoms. The lowest BCUT2D eigenvalue weighted by Crippen LogP contribution is -2.41. The molecule has 1 unspecified atom stereocenters. The van der Waals surface area contributed by atoms with Crippen LogP contribution in [0.3, 0.4) is 0 Å². The van der Waals surface area contributed by atoms with E-state index in [9.17, 15) is 0 Å². The number of rotatable bonds is 8. The van der Waals surface area contributed by atoms with E-state index >= 15 is 0 Å². The van der Waals surface area contributed by atoms with Gasteiger partial charge in [-0.25, -0.2) is 0 Å². The maximum absolute atomic E-state index is 4.32. The molecule has 1 aromatic carbocycles. The second-order valence-electron chi connectivity index (χ2n) is 6.00. The molecule has 136 valence electrons. The molecule has 0 aliphatic carbocycles. The lowest BCUT2D eigenvalue weighted by molar-refractivity contribution is 0.324. The fraction of sp³-hybridized carbons (Fsp3) is 0.611. The molecule has 1 aliphatic heterocycles. The van der Waals surface area contributed by atoms with Crippen LogP contribution in [0.1, 0.15) is 19.8 Å². The van der Waals surface area contributed by atoms with Crippen molar-refractivity contribution in [1.82, 2.24) is 15.5 Å². The molecule has 4 nitrogen and oxygen atoms in total. The van der Waals surface area contributed by atoms with Gasteiger partial charge in [0.1, 0.15) is 0 Å². The van der Waals surface area contributed by atoms with Crippen LogP contribution < -0.4 is 10.6 Å². The molecule has 1 atom stereocenters. The number of guanidine groups is 1. The first-order valence-electron chi connectivity index (χ1n) is 8.66. The molecule has 0 amide bonds. The highest BCUT2D eigenvalue weighted by Gasteiger charge is 2.21. The fourth-order valence-electron chi connectivity index (χ4n) is 2.92. The van der Waals surface area contributed by atoms with Crippen LogP contribution in [0.15, 0.2) is 40.2 Å². The zero-order valence-electron chi connectivity index (χ0n) is 14.8. The van der Waals surface area contributed by atoms with Gasteiger partial charge in [-0.05, 0) is 44.0 Å². The van der Waals surface area contributed by atoms with Crippen LogP contribution in [-0.2, 0) is 0 Å². The Balaban J connectivity index is 0.00000288. The summed E-state index contributed by atoms with van der Waals surface area (Å²) in [6.45, 7) is 7.91. The van der Waals surface area contributed by atoms with Crippen LogP contribution in [0.5, 0.6) is 0 Å². The lowest BCUT2D eigenvalue weighted by atomic mass is 10.1. The van der Waals surface area contributed by atoms with Crippen molar-refractivity contribution in [3.63, 3.8) is 0 Å². The summed E-state index contributed by atoms with van der Waals surface area (Å²) < 4.78 is 0. The molecule has 24 heavy (non-hydrogen) atoms. The summed E-state index contributed by atoms with van der Waals surface area (Å²) in [5.74, 6) is 2.71. The summed E-state index contributed by atoms with van der Waals surface area (Å²) in [6.07, 6.45) is 2.55. The maximum atomic E-state index is 4.32. The van der Waals surface area contributed by atoms with Gasteiger partial charge in [-0.1, -0.05) is 25.1 Å². The van der Waals surface area contributed by atoms with E-state index in [1.165, 1.54) is 37.4 Å². The normalized spacial score (nSPS) is 18.2. The van der Waals surface area contributed by atoms with E-state index in [-0.39, 0.29) is 24.0 Å². The third-order valence-corrected chi connectivity index (χ3v) is 5.11. The molecule has 1 saturated heterocycles. The SMILES string of the molecule is CCCN1CCC(CNC(=NC)NCCSc2ccccc2)C1.I. The van der Waals surface area contributed by atoms with E-state index < -0.39 is 0 Å². The summed E-state index contributed by atoms with van der Waals surface area (Å²) in [5, 5.41) is 6.88. The van der Waals surface area contributed by atoms with Crippen LogP contribution >= 0.6 is 35.7 Å². The van der Waals surface area contributed by atoms with Crippen molar-refractivity contribution in [2.24, 2.45) is 10.9 Å². The van der Waals surface area contributed by atoms with Crippen molar-refractivity contribution in [1.29, 1.82) is 0 Å². The minimum Gasteiger partial charge on any atom is -0.356 e. The summed E-state index contributed by atoms with van der Waals surface area (Å²) in [6, 6.07) is 10.5. The predicted molar refractivity (Wildman–Crippen MR) is 117 cm³/mol.